The van der Waals surface area contributed by atoms with Crippen molar-refractivity contribution in [2.75, 3.05) is 23.9 Å². The van der Waals surface area contributed by atoms with E-state index in [0.717, 1.165) is 0 Å². The molecule has 0 saturated carbocycles. The van der Waals surface area contributed by atoms with E-state index < -0.39 is 21.3 Å². The fourth-order valence-electron chi connectivity index (χ4n) is 2.21. The second kappa shape index (κ2) is 5.54. The molecule has 1 aliphatic rings. The Morgan fingerprint density at radius 3 is 2.70 bits per heavy atom. The highest BCUT2D eigenvalue weighted by atomic mass is 79.9. The van der Waals surface area contributed by atoms with Crippen LogP contribution >= 0.6 is 27.5 Å². The van der Waals surface area contributed by atoms with E-state index in [0.29, 0.717) is 15.2 Å². The number of carbonyl (C=O) groups is 1. The number of anilines is 1. The van der Waals surface area contributed by atoms with Crippen LogP contribution in [0.2, 0.25) is 5.02 Å². The Kier molecular flexibility index (Phi) is 4.32. The molecule has 1 aromatic carbocycles. The van der Waals surface area contributed by atoms with Crippen molar-refractivity contribution in [2.45, 2.75) is 12.0 Å². The Labute approximate surface area is 130 Å². The topological polar surface area (TPSA) is 72.5 Å². The maximum Gasteiger partial charge on any atom is 0.332 e. The zero-order valence-electron chi connectivity index (χ0n) is 10.7. The molecule has 1 unspecified atom stereocenters. The number of hydrogen-bond donors (Lipinski definition) is 1. The first kappa shape index (κ1) is 15.6. The van der Waals surface area contributed by atoms with Crippen molar-refractivity contribution < 1.29 is 17.9 Å². The van der Waals surface area contributed by atoms with Gasteiger partial charge in [-0.3, -0.25) is 0 Å². The molecule has 5 nitrogen and oxygen atoms in total. The number of benzene rings is 1. The molecule has 2 rings (SSSR count). The Hall–Kier alpha value is -0.790. The minimum atomic E-state index is -3.25. The molecule has 0 aliphatic carbocycles. The van der Waals surface area contributed by atoms with Gasteiger partial charge in [0, 0.05) is 10.2 Å². The van der Waals surface area contributed by atoms with E-state index >= 15 is 0 Å². The molecule has 1 saturated heterocycles. The molecule has 1 heterocycles. The van der Waals surface area contributed by atoms with E-state index in [1.54, 1.807) is 18.2 Å². The van der Waals surface area contributed by atoms with Gasteiger partial charge in [-0.05, 0) is 40.5 Å². The van der Waals surface area contributed by atoms with Crippen LogP contribution < -0.4 is 5.32 Å². The quantitative estimate of drug-likeness (QED) is 0.812. The summed E-state index contributed by atoms with van der Waals surface area (Å²) in [5.41, 5.74) is -0.635. The summed E-state index contributed by atoms with van der Waals surface area (Å²) in [6.45, 7) is 0. The summed E-state index contributed by atoms with van der Waals surface area (Å²) in [4.78, 5) is 12.0. The van der Waals surface area contributed by atoms with E-state index in [9.17, 15) is 13.2 Å². The van der Waals surface area contributed by atoms with E-state index in [4.69, 9.17) is 16.3 Å². The monoisotopic (exact) mass is 381 g/mol. The summed E-state index contributed by atoms with van der Waals surface area (Å²) in [6.07, 6.45) is 0.183. The van der Waals surface area contributed by atoms with Gasteiger partial charge < -0.3 is 10.1 Å². The van der Waals surface area contributed by atoms with Crippen molar-refractivity contribution >= 4 is 49.0 Å². The van der Waals surface area contributed by atoms with E-state index in [-0.39, 0.29) is 17.9 Å². The molecule has 0 aromatic heterocycles. The zero-order chi connectivity index (χ0) is 15.0. The number of esters is 1. The lowest BCUT2D eigenvalue weighted by Crippen LogP contribution is -2.48. The summed E-state index contributed by atoms with van der Waals surface area (Å²) in [7, 11) is -2.00. The smallest absolute Gasteiger partial charge is 0.332 e. The van der Waals surface area contributed by atoms with Gasteiger partial charge in [-0.15, -0.1) is 0 Å². The van der Waals surface area contributed by atoms with Gasteiger partial charge in [0.25, 0.3) is 0 Å². The number of hydrogen-bond acceptors (Lipinski definition) is 5. The van der Waals surface area contributed by atoms with Crippen LogP contribution in [0.25, 0.3) is 0 Å². The Bertz CT molecular complexity index is 649. The predicted octanol–water partition coefficient (Wildman–Crippen LogP) is 2.24. The van der Waals surface area contributed by atoms with Gasteiger partial charge in [0.1, 0.15) is 0 Å². The zero-order valence-corrected chi connectivity index (χ0v) is 13.8. The molecule has 20 heavy (non-hydrogen) atoms. The number of carbonyl (C=O) groups excluding carboxylic acids is 1. The molecule has 8 heteroatoms. The third-order valence-electron chi connectivity index (χ3n) is 3.19. The van der Waals surface area contributed by atoms with Crippen LogP contribution in [-0.4, -0.2) is 38.5 Å². The molecule has 0 spiro atoms. The van der Waals surface area contributed by atoms with Gasteiger partial charge in [0.15, 0.2) is 15.4 Å². The summed E-state index contributed by atoms with van der Waals surface area (Å²) in [5.74, 6) is -0.888. The molecule has 1 N–H and O–H groups in total. The second-order valence-electron chi connectivity index (χ2n) is 4.67. The van der Waals surface area contributed by atoms with Crippen LogP contribution in [0.15, 0.2) is 22.7 Å². The molecule has 1 aliphatic heterocycles. The highest BCUT2D eigenvalue weighted by molar-refractivity contribution is 9.10. The van der Waals surface area contributed by atoms with Gasteiger partial charge in [0.2, 0.25) is 0 Å². The number of methoxy groups -OCH3 is 1. The van der Waals surface area contributed by atoms with Crippen molar-refractivity contribution in [3.63, 3.8) is 0 Å². The largest absolute Gasteiger partial charge is 0.467 e. The van der Waals surface area contributed by atoms with Crippen LogP contribution in [0, 0.1) is 0 Å². The van der Waals surface area contributed by atoms with E-state index in [1.807, 2.05) is 0 Å². The highest BCUT2D eigenvalue weighted by Gasteiger charge is 2.49. The molecule has 0 bridgehead atoms. The molecular weight excluding hydrogens is 370 g/mol. The Morgan fingerprint density at radius 1 is 1.50 bits per heavy atom. The van der Waals surface area contributed by atoms with Crippen molar-refractivity contribution in [3.05, 3.63) is 27.7 Å². The second-order valence-corrected chi connectivity index (χ2v) is 8.12. The maximum atomic E-state index is 12.0. The van der Waals surface area contributed by atoms with Gasteiger partial charge in [-0.1, -0.05) is 11.6 Å². The van der Waals surface area contributed by atoms with Crippen LogP contribution in [0.4, 0.5) is 5.69 Å². The third-order valence-corrected chi connectivity index (χ3v) is 6.16. The van der Waals surface area contributed by atoms with E-state index in [1.165, 1.54) is 7.11 Å². The van der Waals surface area contributed by atoms with E-state index in [2.05, 4.69) is 21.2 Å². The lowest BCUT2D eigenvalue weighted by molar-refractivity contribution is -0.145. The Balaban J connectivity index is 2.34. The third kappa shape index (κ3) is 3.10. The van der Waals surface area contributed by atoms with Crippen molar-refractivity contribution in [2.24, 2.45) is 0 Å². The van der Waals surface area contributed by atoms with Gasteiger partial charge in [-0.2, -0.15) is 0 Å². The first-order valence-electron chi connectivity index (χ1n) is 5.80. The van der Waals surface area contributed by atoms with Crippen molar-refractivity contribution in [3.8, 4) is 0 Å². The maximum absolute atomic E-state index is 12.0. The summed E-state index contributed by atoms with van der Waals surface area (Å²) < 4.78 is 28.8. The average molecular weight is 383 g/mol. The standard InChI is InChI=1S/C12H13BrClNO4S/c1-19-11(16)12(4-5-20(17,18)7-12)15-8-2-3-10(14)9(13)6-8/h2-3,6,15H,4-5,7H2,1H3. The lowest BCUT2D eigenvalue weighted by atomic mass is 9.98. The molecule has 1 fully saturated rings. The summed E-state index contributed by atoms with van der Waals surface area (Å²) in [6, 6.07) is 5.03. The fraction of sp³-hybridized carbons (Fsp3) is 0.417. The van der Waals surface area contributed by atoms with Gasteiger partial charge >= 0.3 is 5.97 Å². The summed E-state index contributed by atoms with van der Waals surface area (Å²) in [5, 5.41) is 3.52. The summed E-state index contributed by atoms with van der Waals surface area (Å²) >= 11 is 9.19. The van der Waals surface area contributed by atoms with Crippen molar-refractivity contribution in [1.82, 2.24) is 0 Å². The average Bonchev–Trinajstić information content (AvgIpc) is 2.69. The molecule has 110 valence electrons. The number of sulfone groups is 1. The van der Waals surface area contributed by atoms with Crippen LogP contribution in [0.1, 0.15) is 6.42 Å². The number of rotatable bonds is 3. The minimum absolute atomic E-state index is 0.0378. The molecule has 0 radical (unpaired) electrons. The predicted molar refractivity (Wildman–Crippen MR) is 80.8 cm³/mol. The first-order valence-corrected chi connectivity index (χ1v) is 8.79. The molecule has 1 aromatic rings. The first-order chi connectivity index (χ1) is 9.28. The highest BCUT2D eigenvalue weighted by Crippen LogP contribution is 2.32. The van der Waals surface area contributed by atoms with Crippen LogP contribution in [0.3, 0.4) is 0 Å². The van der Waals surface area contributed by atoms with Crippen molar-refractivity contribution in [1.29, 1.82) is 0 Å². The molecule has 1 atom stereocenters. The minimum Gasteiger partial charge on any atom is -0.467 e. The Morgan fingerprint density at radius 2 is 2.20 bits per heavy atom. The number of ether oxygens (including phenoxy) is 1. The lowest BCUT2D eigenvalue weighted by Gasteiger charge is -2.27. The van der Waals surface area contributed by atoms with Gasteiger partial charge in [-0.25, -0.2) is 13.2 Å². The fourth-order valence-corrected chi connectivity index (χ4v) is 4.59. The molecule has 0 amide bonds. The van der Waals surface area contributed by atoms with Gasteiger partial charge in [0.05, 0.1) is 23.6 Å². The number of nitrogens with one attached hydrogen (secondary N) is 1. The molecular formula is C12H13BrClNO4S. The van der Waals surface area contributed by atoms with Crippen LogP contribution in [0.5, 0.6) is 0 Å². The normalized spacial score (nSPS) is 24.4. The number of halogens is 2. The van der Waals surface area contributed by atoms with Crippen LogP contribution in [-0.2, 0) is 19.4 Å². The SMILES string of the molecule is COC(=O)C1(Nc2ccc(Cl)c(Br)c2)CCS(=O)(=O)C1.